The Hall–Kier alpha value is -2.74. The average molecular weight is 471 g/mol. The molecule has 1 saturated heterocycles. The fourth-order valence-electron chi connectivity index (χ4n) is 4.18. The smallest absolute Gasteiger partial charge is 0.256 e. The van der Waals surface area contributed by atoms with Gasteiger partial charge in [-0.1, -0.05) is 53.6 Å². The molecule has 0 radical (unpaired) electrons. The first-order chi connectivity index (χ1) is 15.9. The van der Waals surface area contributed by atoms with Gasteiger partial charge in [0, 0.05) is 19.6 Å². The number of halogens is 2. The Morgan fingerprint density at radius 2 is 1.91 bits per heavy atom. The number of carbonyl (C=O) groups excluding carboxylic acids is 1. The molecule has 4 rings (SSSR count). The number of nitrogens with zero attached hydrogens (tertiary/aromatic N) is 3. The fraction of sp³-hybridized carbons (Fsp3) is 0.360. The molecule has 1 amide bonds. The molecule has 0 saturated carbocycles. The molecule has 1 N–H and O–H groups in total. The quantitative estimate of drug-likeness (QED) is 0.563. The number of hydrogen-bond donors (Lipinski definition) is 1. The topological polar surface area (TPSA) is 59.4 Å². The zero-order valence-electron chi connectivity index (χ0n) is 18.9. The van der Waals surface area contributed by atoms with Crippen molar-refractivity contribution in [1.29, 1.82) is 0 Å². The largest absolute Gasteiger partial charge is 0.379 e. The van der Waals surface area contributed by atoms with Crippen LogP contribution in [0.5, 0.6) is 0 Å². The van der Waals surface area contributed by atoms with Crippen LogP contribution >= 0.6 is 11.6 Å². The van der Waals surface area contributed by atoms with Gasteiger partial charge in [0.05, 0.1) is 37.1 Å². The first-order valence-corrected chi connectivity index (χ1v) is 11.4. The van der Waals surface area contributed by atoms with Crippen LogP contribution in [0.4, 0.5) is 4.39 Å². The van der Waals surface area contributed by atoms with Gasteiger partial charge in [-0.2, -0.15) is 5.10 Å². The summed E-state index contributed by atoms with van der Waals surface area (Å²) in [6.45, 7) is 7.61. The average Bonchev–Trinajstić information content (AvgIpc) is 3.09. The van der Waals surface area contributed by atoms with Gasteiger partial charge in [-0.05, 0) is 37.1 Å². The molecule has 1 unspecified atom stereocenters. The minimum absolute atomic E-state index is 0.0334. The van der Waals surface area contributed by atoms with Crippen LogP contribution in [0.3, 0.4) is 0 Å². The summed E-state index contributed by atoms with van der Waals surface area (Å²) in [5, 5.41) is 7.78. The Morgan fingerprint density at radius 3 is 2.61 bits per heavy atom. The normalized spacial score (nSPS) is 15.4. The van der Waals surface area contributed by atoms with Gasteiger partial charge in [-0.15, -0.1) is 0 Å². The van der Waals surface area contributed by atoms with Crippen LogP contribution in [-0.4, -0.2) is 53.4 Å². The molecule has 174 valence electrons. The number of ether oxygens (including phenoxy) is 1. The second-order valence-corrected chi connectivity index (χ2v) is 8.68. The van der Waals surface area contributed by atoms with Crippen molar-refractivity contribution in [3.05, 3.63) is 87.4 Å². The number of amides is 1. The third kappa shape index (κ3) is 5.61. The lowest BCUT2D eigenvalue weighted by molar-refractivity contribution is 0.0162. The summed E-state index contributed by atoms with van der Waals surface area (Å²) in [5.74, 6) is -0.557. The van der Waals surface area contributed by atoms with Crippen molar-refractivity contribution in [2.75, 3.05) is 32.8 Å². The first-order valence-electron chi connectivity index (χ1n) is 11.1. The van der Waals surface area contributed by atoms with E-state index < -0.39 is 0 Å². The van der Waals surface area contributed by atoms with E-state index in [-0.39, 0.29) is 22.9 Å². The summed E-state index contributed by atoms with van der Waals surface area (Å²) in [6, 6.07) is 14.5. The van der Waals surface area contributed by atoms with Crippen molar-refractivity contribution in [2.24, 2.45) is 0 Å². The van der Waals surface area contributed by atoms with Gasteiger partial charge >= 0.3 is 0 Å². The maximum atomic E-state index is 13.2. The molecule has 1 aromatic heterocycles. The van der Waals surface area contributed by atoms with E-state index in [4.69, 9.17) is 16.3 Å². The van der Waals surface area contributed by atoms with Crippen molar-refractivity contribution in [2.45, 2.75) is 26.4 Å². The van der Waals surface area contributed by atoms with E-state index in [1.54, 1.807) is 23.7 Å². The van der Waals surface area contributed by atoms with E-state index in [2.05, 4.69) is 40.4 Å². The van der Waals surface area contributed by atoms with Crippen LogP contribution < -0.4 is 5.32 Å². The van der Waals surface area contributed by atoms with Gasteiger partial charge in [0.2, 0.25) is 0 Å². The molecule has 0 spiro atoms. The van der Waals surface area contributed by atoms with Gasteiger partial charge in [0.1, 0.15) is 11.0 Å². The van der Waals surface area contributed by atoms with Crippen LogP contribution in [-0.2, 0) is 11.3 Å². The van der Waals surface area contributed by atoms with Crippen LogP contribution in [0.1, 0.15) is 38.8 Å². The van der Waals surface area contributed by atoms with Crippen LogP contribution in [0.15, 0.2) is 48.5 Å². The molecule has 2 aromatic carbocycles. The lowest BCUT2D eigenvalue weighted by Crippen LogP contribution is -2.43. The van der Waals surface area contributed by atoms with Crippen LogP contribution in [0.25, 0.3) is 0 Å². The Labute approximate surface area is 198 Å². The zero-order valence-corrected chi connectivity index (χ0v) is 19.6. The number of aromatic nitrogens is 2. The first kappa shape index (κ1) is 23.4. The Morgan fingerprint density at radius 1 is 1.18 bits per heavy atom. The van der Waals surface area contributed by atoms with E-state index in [9.17, 15) is 9.18 Å². The SMILES string of the molecule is Cc1cccc(C(CNC(=O)c2c(C)nn(Cc3ccc(F)cc3)c2Cl)N2CCOCC2)c1. The molecule has 0 bridgehead atoms. The standard InChI is InChI=1S/C25H28ClFN4O2/c1-17-4-3-5-20(14-17)22(30-10-12-33-13-11-30)15-28-25(32)23-18(2)29-31(24(23)26)16-19-6-8-21(27)9-7-19/h3-9,14,22H,10-13,15-16H2,1-2H3,(H,28,32). The maximum Gasteiger partial charge on any atom is 0.256 e. The van der Waals surface area contributed by atoms with Crippen molar-refractivity contribution >= 4 is 17.5 Å². The highest BCUT2D eigenvalue weighted by atomic mass is 35.5. The zero-order chi connectivity index (χ0) is 23.4. The van der Waals surface area contributed by atoms with Gasteiger partial charge in [-0.3, -0.25) is 9.69 Å². The number of rotatable bonds is 7. The molecule has 2 heterocycles. The monoisotopic (exact) mass is 470 g/mol. The highest BCUT2D eigenvalue weighted by Gasteiger charge is 2.26. The molecule has 6 nitrogen and oxygen atoms in total. The third-order valence-electron chi connectivity index (χ3n) is 5.91. The molecule has 33 heavy (non-hydrogen) atoms. The molecule has 1 fully saturated rings. The lowest BCUT2D eigenvalue weighted by atomic mass is 10.0. The predicted molar refractivity (Wildman–Crippen MR) is 126 cm³/mol. The summed E-state index contributed by atoms with van der Waals surface area (Å²) in [6.07, 6.45) is 0. The van der Waals surface area contributed by atoms with Gasteiger partial charge in [0.25, 0.3) is 5.91 Å². The number of benzene rings is 2. The Kier molecular flexibility index (Phi) is 7.42. The fourth-order valence-corrected chi connectivity index (χ4v) is 4.50. The van der Waals surface area contributed by atoms with E-state index in [1.165, 1.54) is 17.7 Å². The van der Waals surface area contributed by atoms with Gasteiger partial charge in [0.15, 0.2) is 0 Å². The Balaban J connectivity index is 1.50. The number of carbonyl (C=O) groups is 1. The molecule has 1 atom stereocenters. The highest BCUT2D eigenvalue weighted by Crippen LogP contribution is 2.24. The maximum absolute atomic E-state index is 13.2. The minimum atomic E-state index is -0.301. The second-order valence-electron chi connectivity index (χ2n) is 8.32. The van der Waals surface area contributed by atoms with Crippen LogP contribution in [0.2, 0.25) is 5.15 Å². The van der Waals surface area contributed by atoms with Crippen molar-refractivity contribution < 1.29 is 13.9 Å². The van der Waals surface area contributed by atoms with Gasteiger partial charge in [-0.25, -0.2) is 9.07 Å². The molecule has 1 aliphatic heterocycles. The summed E-state index contributed by atoms with van der Waals surface area (Å²) >= 11 is 6.55. The molecule has 0 aliphatic carbocycles. The van der Waals surface area contributed by atoms with E-state index in [1.807, 2.05) is 6.07 Å². The van der Waals surface area contributed by atoms with E-state index >= 15 is 0 Å². The molecule has 8 heteroatoms. The molecular weight excluding hydrogens is 443 g/mol. The molecule has 3 aromatic rings. The van der Waals surface area contributed by atoms with Crippen molar-refractivity contribution in [1.82, 2.24) is 20.0 Å². The summed E-state index contributed by atoms with van der Waals surface area (Å²) in [4.78, 5) is 15.5. The minimum Gasteiger partial charge on any atom is -0.379 e. The number of nitrogens with one attached hydrogen (secondary N) is 1. The van der Waals surface area contributed by atoms with E-state index in [0.29, 0.717) is 37.6 Å². The summed E-state index contributed by atoms with van der Waals surface area (Å²) < 4.78 is 20.3. The van der Waals surface area contributed by atoms with Crippen LogP contribution in [0, 0.1) is 19.7 Å². The number of hydrogen-bond acceptors (Lipinski definition) is 4. The van der Waals surface area contributed by atoms with Gasteiger partial charge < -0.3 is 10.1 Å². The Bertz CT molecular complexity index is 1110. The second kappa shape index (κ2) is 10.5. The third-order valence-corrected chi connectivity index (χ3v) is 6.29. The lowest BCUT2D eigenvalue weighted by Gasteiger charge is -2.35. The predicted octanol–water partition coefficient (Wildman–Crippen LogP) is 4.14. The van der Waals surface area contributed by atoms with E-state index in [0.717, 1.165) is 24.2 Å². The highest BCUT2D eigenvalue weighted by molar-refractivity contribution is 6.33. The number of morpholine rings is 1. The molecular formula is C25H28ClFN4O2. The molecule has 1 aliphatic rings. The number of aryl methyl sites for hydroxylation is 2. The van der Waals surface area contributed by atoms with Crippen molar-refractivity contribution in [3.8, 4) is 0 Å². The summed E-state index contributed by atoms with van der Waals surface area (Å²) in [7, 11) is 0. The summed E-state index contributed by atoms with van der Waals surface area (Å²) in [5.41, 5.74) is 4.10. The van der Waals surface area contributed by atoms with Crippen molar-refractivity contribution in [3.63, 3.8) is 0 Å².